The van der Waals surface area contributed by atoms with Crippen molar-refractivity contribution in [3.05, 3.63) is 42.5 Å². The molecule has 0 heterocycles. The quantitative estimate of drug-likeness (QED) is 0.608. The van der Waals surface area contributed by atoms with E-state index in [1.807, 2.05) is 19.1 Å². The van der Waals surface area contributed by atoms with Crippen molar-refractivity contribution in [3.63, 3.8) is 0 Å². The molecule has 0 N–H and O–H groups in total. The molecular weight excluding hydrogens is 248 g/mol. The fourth-order valence-corrected chi connectivity index (χ4v) is 3.06. The molecule has 0 aliphatic heterocycles. The highest BCUT2D eigenvalue weighted by Crippen LogP contribution is 2.27. The molecule has 0 saturated carbocycles. The van der Waals surface area contributed by atoms with Gasteiger partial charge in [0.25, 0.3) is 0 Å². The Balaban J connectivity index is 3.14. The van der Waals surface area contributed by atoms with Gasteiger partial charge < -0.3 is 4.74 Å². The van der Waals surface area contributed by atoms with Crippen LogP contribution in [0.5, 0.6) is 0 Å². The maximum absolute atomic E-state index is 12.5. The maximum Gasteiger partial charge on any atom is 0.325 e. The SMILES string of the molecule is C=CC[C@@](C)(C(=O)OC)S(=O)c1ccc(C)cc1. The predicted octanol–water partition coefficient (Wildman–Crippen LogP) is 2.61. The van der Waals surface area contributed by atoms with Crippen LogP contribution in [0, 0.1) is 6.92 Å². The van der Waals surface area contributed by atoms with E-state index < -0.39 is 21.5 Å². The Morgan fingerprint density at radius 3 is 2.44 bits per heavy atom. The number of aryl methyl sites for hydroxylation is 1. The molecule has 4 heteroatoms. The lowest BCUT2D eigenvalue weighted by atomic mass is 10.1. The highest BCUT2D eigenvalue weighted by atomic mass is 32.2. The lowest BCUT2D eigenvalue weighted by Gasteiger charge is -2.24. The number of hydrogen-bond donors (Lipinski definition) is 0. The second kappa shape index (κ2) is 5.96. The minimum Gasteiger partial charge on any atom is -0.468 e. The maximum atomic E-state index is 12.5. The molecule has 0 bridgehead atoms. The Bertz CT molecular complexity index is 464. The van der Waals surface area contributed by atoms with Gasteiger partial charge in [-0.1, -0.05) is 23.8 Å². The van der Waals surface area contributed by atoms with E-state index in [1.165, 1.54) is 7.11 Å². The second-order valence-electron chi connectivity index (χ2n) is 4.30. The first-order valence-corrected chi connectivity index (χ1v) is 6.78. The van der Waals surface area contributed by atoms with Crippen LogP contribution in [0.1, 0.15) is 18.9 Å². The number of hydrogen-bond acceptors (Lipinski definition) is 3. The van der Waals surface area contributed by atoms with E-state index >= 15 is 0 Å². The molecule has 18 heavy (non-hydrogen) atoms. The molecule has 0 fully saturated rings. The third-order valence-corrected chi connectivity index (χ3v) is 4.65. The number of ether oxygens (including phenoxy) is 1. The van der Waals surface area contributed by atoms with E-state index in [2.05, 4.69) is 6.58 Å². The molecule has 2 atom stereocenters. The fourth-order valence-electron chi connectivity index (χ4n) is 1.65. The van der Waals surface area contributed by atoms with E-state index in [0.717, 1.165) is 5.56 Å². The Hall–Kier alpha value is -1.42. The minimum atomic E-state index is -1.47. The highest BCUT2D eigenvalue weighted by Gasteiger charge is 2.40. The van der Waals surface area contributed by atoms with Gasteiger partial charge in [-0.25, -0.2) is 0 Å². The Kier molecular flexibility index (Phi) is 4.84. The van der Waals surface area contributed by atoms with Crippen LogP contribution in [0.15, 0.2) is 41.8 Å². The van der Waals surface area contributed by atoms with Crippen molar-refractivity contribution in [1.82, 2.24) is 0 Å². The Morgan fingerprint density at radius 2 is 2.00 bits per heavy atom. The average Bonchev–Trinajstić information content (AvgIpc) is 2.38. The van der Waals surface area contributed by atoms with Gasteiger partial charge in [-0.3, -0.25) is 9.00 Å². The number of carbonyl (C=O) groups is 1. The van der Waals surface area contributed by atoms with Crippen molar-refractivity contribution in [2.75, 3.05) is 7.11 Å². The van der Waals surface area contributed by atoms with Crippen molar-refractivity contribution >= 4 is 16.8 Å². The summed E-state index contributed by atoms with van der Waals surface area (Å²) < 4.78 is 16.2. The van der Waals surface area contributed by atoms with Gasteiger partial charge in [0.2, 0.25) is 0 Å². The Morgan fingerprint density at radius 1 is 1.44 bits per heavy atom. The van der Waals surface area contributed by atoms with Crippen molar-refractivity contribution in [2.24, 2.45) is 0 Å². The van der Waals surface area contributed by atoms with Crippen molar-refractivity contribution in [3.8, 4) is 0 Å². The first-order valence-electron chi connectivity index (χ1n) is 5.63. The van der Waals surface area contributed by atoms with E-state index in [0.29, 0.717) is 11.3 Å². The third kappa shape index (κ3) is 2.88. The fraction of sp³-hybridized carbons (Fsp3) is 0.357. The number of esters is 1. The smallest absolute Gasteiger partial charge is 0.325 e. The predicted molar refractivity (Wildman–Crippen MR) is 72.8 cm³/mol. The topological polar surface area (TPSA) is 43.4 Å². The summed E-state index contributed by atoms with van der Waals surface area (Å²) in [7, 11) is -0.169. The van der Waals surface area contributed by atoms with E-state index in [4.69, 9.17) is 4.74 Å². The summed E-state index contributed by atoms with van der Waals surface area (Å²) in [5, 5.41) is 0. The molecule has 0 saturated heterocycles. The summed E-state index contributed by atoms with van der Waals surface area (Å²) in [5.41, 5.74) is 1.08. The summed E-state index contributed by atoms with van der Waals surface area (Å²) in [6, 6.07) is 7.29. The Labute approximate surface area is 110 Å². The van der Waals surface area contributed by atoms with Crippen LogP contribution in [0.25, 0.3) is 0 Å². The zero-order valence-electron chi connectivity index (χ0n) is 10.9. The molecule has 0 spiro atoms. The lowest BCUT2D eigenvalue weighted by Crippen LogP contribution is -2.40. The van der Waals surface area contributed by atoms with Gasteiger partial charge in [0.15, 0.2) is 0 Å². The summed E-state index contributed by atoms with van der Waals surface area (Å²) in [6.45, 7) is 7.20. The molecular formula is C14H18O3S. The molecule has 0 amide bonds. The average molecular weight is 266 g/mol. The standard InChI is InChI=1S/C14H18O3S/c1-5-10-14(3,13(15)17-4)18(16)12-8-6-11(2)7-9-12/h5-9H,1,10H2,2-4H3/t14-,18?/m0/s1. The van der Waals surface area contributed by atoms with Crippen LogP contribution in [0.3, 0.4) is 0 Å². The van der Waals surface area contributed by atoms with Crippen LogP contribution in [0.2, 0.25) is 0 Å². The van der Waals surface area contributed by atoms with Crippen LogP contribution < -0.4 is 0 Å². The zero-order chi connectivity index (χ0) is 13.8. The van der Waals surface area contributed by atoms with Crippen LogP contribution in [-0.4, -0.2) is 22.0 Å². The molecule has 1 aromatic carbocycles. The van der Waals surface area contributed by atoms with E-state index in [9.17, 15) is 9.00 Å². The summed E-state index contributed by atoms with van der Waals surface area (Å²) >= 11 is 0. The van der Waals surface area contributed by atoms with Crippen molar-refractivity contribution in [2.45, 2.75) is 29.9 Å². The molecule has 0 aromatic heterocycles. The van der Waals surface area contributed by atoms with Gasteiger partial charge in [0.1, 0.15) is 4.75 Å². The molecule has 98 valence electrons. The first-order chi connectivity index (χ1) is 8.45. The number of carbonyl (C=O) groups excluding carboxylic acids is 1. The molecule has 0 aliphatic rings. The molecule has 3 nitrogen and oxygen atoms in total. The number of methoxy groups -OCH3 is 1. The summed E-state index contributed by atoms with van der Waals surface area (Å²) in [5.74, 6) is -0.485. The number of allylic oxidation sites excluding steroid dienone is 1. The minimum absolute atomic E-state index is 0.306. The van der Waals surface area contributed by atoms with Gasteiger partial charge in [0.05, 0.1) is 17.9 Å². The summed E-state index contributed by atoms with van der Waals surface area (Å²) in [4.78, 5) is 12.5. The van der Waals surface area contributed by atoms with Gasteiger partial charge >= 0.3 is 5.97 Å². The van der Waals surface area contributed by atoms with Crippen LogP contribution >= 0.6 is 0 Å². The normalized spacial score (nSPS) is 15.5. The van der Waals surface area contributed by atoms with E-state index in [-0.39, 0.29) is 0 Å². The highest BCUT2D eigenvalue weighted by molar-refractivity contribution is 7.87. The second-order valence-corrected chi connectivity index (χ2v) is 6.21. The number of benzene rings is 1. The van der Waals surface area contributed by atoms with Crippen molar-refractivity contribution in [1.29, 1.82) is 0 Å². The molecule has 0 aliphatic carbocycles. The molecule has 1 aromatic rings. The van der Waals surface area contributed by atoms with Gasteiger partial charge in [-0.15, -0.1) is 6.58 Å². The van der Waals surface area contributed by atoms with Gasteiger partial charge in [0, 0.05) is 4.90 Å². The lowest BCUT2D eigenvalue weighted by molar-refractivity contribution is -0.143. The molecule has 0 radical (unpaired) electrons. The monoisotopic (exact) mass is 266 g/mol. The molecule has 1 rings (SSSR count). The molecule has 1 unspecified atom stereocenters. The summed E-state index contributed by atoms with van der Waals surface area (Å²) in [6.07, 6.45) is 1.89. The zero-order valence-corrected chi connectivity index (χ0v) is 11.8. The van der Waals surface area contributed by atoms with Crippen LogP contribution in [-0.2, 0) is 20.3 Å². The van der Waals surface area contributed by atoms with Gasteiger partial charge in [-0.2, -0.15) is 0 Å². The largest absolute Gasteiger partial charge is 0.468 e. The van der Waals surface area contributed by atoms with Crippen LogP contribution in [0.4, 0.5) is 0 Å². The third-order valence-electron chi connectivity index (χ3n) is 2.80. The first kappa shape index (κ1) is 14.6. The van der Waals surface area contributed by atoms with Gasteiger partial charge in [-0.05, 0) is 32.4 Å². The van der Waals surface area contributed by atoms with E-state index in [1.54, 1.807) is 25.1 Å². The van der Waals surface area contributed by atoms with Crippen molar-refractivity contribution < 1.29 is 13.7 Å². The number of rotatable bonds is 5.